The molecule has 3 aromatic heterocycles. The highest BCUT2D eigenvalue weighted by atomic mass is 16.2. The van der Waals surface area contributed by atoms with Crippen LogP contribution in [0, 0.1) is 13.8 Å². The lowest BCUT2D eigenvalue weighted by atomic mass is 10.1. The van der Waals surface area contributed by atoms with Crippen molar-refractivity contribution in [3.05, 3.63) is 57.9 Å². The number of fused-ring (bicyclic) bond motifs is 2. The minimum atomic E-state index is -0.224. The lowest BCUT2D eigenvalue weighted by Crippen LogP contribution is -2.34. The fourth-order valence-electron chi connectivity index (χ4n) is 3.50. The van der Waals surface area contributed by atoms with E-state index in [0.29, 0.717) is 35.6 Å². The van der Waals surface area contributed by atoms with E-state index in [1.165, 1.54) is 10.9 Å². The molecule has 4 aromatic rings. The Labute approximate surface area is 172 Å². The van der Waals surface area contributed by atoms with Crippen LogP contribution in [0.1, 0.15) is 30.3 Å². The number of hydrazine groups is 1. The highest BCUT2D eigenvalue weighted by Crippen LogP contribution is 2.15. The van der Waals surface area contributed by atoms with Gasteiger partial charge in [-0.15, -0.1) is 0 Å². The zero-order valence-electron chi connectivity index (χ0n) is 17.0. The van der Waals surface area contributed by atoms with Crippen LogP contribution >= 0.6 is 0 Å². The Balaban J connectivity index is 1.48. The number of anilines is 1. The molecule has 0 atom stereocenters. The van der Waals surface area contributed by atoms with Crippen molar-refractivity contribution in [3.63, 3.8) is 0 Å². The lowest BCUT2D eigenvalue weighted by Gasteiger charge is -2.14. The molecule has 0 spiro atoms. The minimum Gasteiger partial charge on any atom is -0.277 e. The number of carbonyl (C=O) groups is 1. The van der Waals surface area contributed by atoms with E-state index in [2.05, 4.69) is 30.9 Å². The monoisotopic (exact) mass is 406 g/mol. The van der Waals surface area contributed by atoms with Gasteiger partial charge >= 0.3 is 0 Å². The normalized spacial score (nSPS) is 11.2. The fourth-order valence-corrected chi connectivity index (χ4v) is 3.50. The van der Waals surface area contributed by atoms with Crippen LogP contribution in [0.2, 0.25) is 0 Å². The summed E-state index contributed by atoms with van der Waals surface area (Å²) in [7, 11) is 0. The fraction of sp³-hybridized carbons (Fsp3) is 0.300. The van der Waals surface area contributed by atoms with Gasteiger partial charge in [0.15, 0.2) is 0 Å². The van der Waals surface area contributed by atoms with Crippen molar-refractivity contribution in [3.8, 4) is 0 Å². The van der Waals surface area contributed by atoms with Crippen LogP contribution in [0.15, 0.2) is 35.4 Å². The van der Waals surface area contributed by atoms with Crippen molar-refractivity contribution in [2.75, 3.05) is 5.43 Å². The highest BCUT2D eigenvalue weighted by Gasteiger charge is 2.14. The van der Waals surface area contributed by atoms with Crippen molar-refractivity contribution in [1.29, 1.82) is 0 Å². The van der Waals surface area contributed by atoms with Crippen LogP contribution in [0.5, 0.6) is 0 Å². The molecule has 0 saturated carbocycles. The Bertz CT molecular complexity index is 1310. The van der Waals surface area contributed by atoms with Gasteiger partial charge in [-0.2, -0.15) is 10.1 Å². The number of hydrogen-bond donors (Lipinski definition) is 2. The summed E-state index contributed by atoms with van der Waals surface area (Å²) in [5.74, 6) is 0.616. The van der Waals surface area contributed by atoms with Gasteiger partial charge in [-0.1, -0.05) is 12.1 Å². The molecule has 0 fully saturated rings. The second kappa shape index (κ2) is 7.90. The predicted molar refractivity (Wildman–Crippen MR) is 112 cm³/mol. The standard InChI is InChI=1S/C20H22N8O2/c1-4-27-18(30)15-7-5-6-8-16(15)24-20(27)26-25-17(29)10-9-14-12(2)23-19-21-11-22-28(19)13(14)3/h5-8,11H,4,9-10H2,1-3H3,(H,24,26)(H,25,29). The molecule has 10 nitrogen and oxygen atoms in total. The zero-order valence-corrected chi connectivity index (χ0v) is 17.0. The average Bonchev–Trinajstić information content (AvgIpc) is 3.21. The molecule has 4 rings (SSSR count). The maximum absolute atomic E-state index is 12.6. The molecule has 3 heterocycles. The summed E-state index contributed by atoms with van der Waals surface area (Å²) in [4.78, 5) is 38.1. The lowest BCUT2D eigenvalue weighted by molar-refractivity contribution is -0.120. The van der Waals surface area contributed by atoms with E-state index < -0.39 is 0 Å². The molecule has 0 radical (unpaired) electrons. The van der Waals surface area contributed by atoms with Crippen LogP contribution in [-0.2, 0) is 17.8 Å². The molecule has 30 heavy (non-hydrogen) atoms. The Kier molecular flexibility index (Phi) is 5.13. The topological polar surface area (TPSA) is 119 Å². The van der Waals surface area contributed by atoms with E-state index in [4.69, 9.17) is 0 Å². The SMILES string of the molecule is CCn1c(NNC(=O)CCc2c(C)nc3ncnn3c2C)nc2ccccc2c1=O. The number of nitrogens with zero attached hydrogens (tertiary/aromatic N) is 6. The number of hydrogen-bond acceptors (Lipinski definition) is 7. The number of nitrogens with one attached hydrogen (secondary N) is 2. The molecule has 2 N–H and O–H groups in total. The van der Waals surface area contributed by atoms with Gasteiger partial charge in [0.05, 0.1) is 10.9 Å². The summed E-state index contributed by atoms with van der Waals surface area (Å²) in [6.07, 6.45) is 2.19. The quantitative estimate of drug-likeness (QED) is 0.466. The minimum absolute atomic E-state index is 0.154. The molecule has 0 aliphatic heterocycles. The van der Waals surface area contributed by atoms with Gasteiger partial charge in [0.2, 0.25) is 11.9 Å². The molecule has 0 saturated heterocycles. The van der Waals surface area contributed by atoms with Crippen molar-refractivity contribution >= 4 is 28.5 Å². The van der Waals surface area contributed by atoms with E-state index in [1.54, 1.807) is 22.7 Å². The maximum atomic E-state index is 12.6. The van der Waals surface area contributed by atoms with E-state index in [-0.39, 0.29) is 17.9 Å². The van der Waals surface area contributed by atoms with Gasteiger partial charge in [0.25, 0.3) is 11.3 Å². The number of aryl methyl sites for hydroxylation is 2. The second-order valence-electron chi connectivity index (χ2n) is 6.91. The molecule has 154 valence electrons. The first-order chi connectivity index (χ1) is 14.5. The third-order valence-corrected chi connectivity index (χ3v) is 5.08. The smallest absolute Gasteiger partial charge is 0.262 e. The largest absolute Gasteiger partial charge is 0.277 e. The molecule has 0 aliphatic carbocycles. The average molecular weight is 406 g/mol. The Hall–Kier alpha value is -3.82. The first-order valence-corrected chi connectivity index (χ1v) is 9.69. The Morgan fingerprint density at radius 1 is 1.17 bits per heavy atom. The molecule has 10 heteroatoms. The molecule has 1 amide bonds. The van der Waals surface area contributed by atoms with E-state index >= 15 is 0 Å². The molecular weight excluding hydrogens is 384 g/mol. The van der Waals surface area contributed by atoms with Crippen LogP contribution in [0.25, 0.3) is 16.7 Å². The van der Waals surface area contributed by atoms with Crippen molar-refractivity contribution < 1.29 is 4.79 Å². The maximum Gasteiger partial charge on any atom is 0.262 e. The summed E-state index contributed by atoms with van der Waals surface area (Å²) in [6.45, 7) is 6.10. The van der Waals surface area contributed by atoms with Gasteiger partial charge in [-0.05, 0) is 44.9 Å². The number of aromatic nitrogens is 6. The number of carbonyl (C=O) groups excluding carboxylic acids is 1. The molecule has 0 aliphatic rings. The zero-order chi connectivity index (χ0) is 21.3. The summed E-state index contributed by atoms with van der Waals surface area (Å²) in [6, 6.07) is 7.13. The molecule has 0 unspecified atom stereocenters. The number of rotatable bonds is 6. The molecular formula is C20H22N8O2. The third-order valence-electron chi connectivity index (χ3n) is 5.08. The van der Waals surface area contributed by atoms with Crippen molar-refractivity contribution in [2.45, 2.75) is 40.2 Å². The molecule has 1 aromatic carbocycles. The van der Waals surface area contributed by atoms with Gasteiger partial charge in [-0.25, -0.2) is 14.5 Å². The van der Waals surface area contributed by atoms with Crippen molar-refractivity contribution in [1.82, 2.24) is 34.6 Å². The third kappa shape index (κ3) is 3.47. The summed E-state index contributed by atoms with van der Waals surface area (Å²) in [5.41, 5.74) is 8.54. The van der Waals surface area contributed by atoms with E-state index in [0.717, 1.165) is 17.0 Å². The second-order valence-corrected chi connectivity index (χ2v) is 6.91. The number of benzene rings is 1. The van der Waals surface area contributed by atoms with Crippen LogP contribution in [0.4, 0.5) is 5.95 Å². The van der Waals surface area contributed by atoms with Gasteiger partial charge in [-0.3, -0.25) is 25.0 Å². The van der Waals surface area contributed by atoms with Crippen molar-refractivity contribution in [2.24, 2.45) is 0 Å². The summed E-state index contributed by atoms with van der Waals surface area (Å²) >= 11 is 0. The number of amides is 1. The van der Waals surface area contributed by atoms with Crippen LogP contribution < -0.4 is 16.4 Å². The van der Waals surface area contributed by atoms with Gasteiger partial charge in [0, 0.05) is 24.4 Å². The van der Waals surface area contributed by atoms with Crippen LogP contribution in [-0.4, -0.2) is 35.0 Å². The Morgan fingerprint density at radius 2 is 1.97 bits per heavy atom. The highest BCUT2D eigenvalue weighted by molar-refractivity contribution is 5.80. The van der Waals surface area contributed by atoms with Gasteiger partial charge in [0.1, 0.15) is 6.33 Å². The molecule has 0 bridgehead atoms. The van der Waals surface area contributed by atoms with Gasteiger partial charge < -0.3 is 0 Å². The predicted octanol–water partition coefficient (Wildman–Crippen LogP) is 1.55. The van der Waals surface area contributed by atoms with E-state index in [1.807, 2.05) is 26.8 Å². The Morgan fingerprint density at radius 3 is 2.77 bits per heavy atom. The summed E-state index contributed by atoms with van der Waals surface area (Å²) in [5, 5.41) is 4.70. The summed E-state index contributed by atoms with van der Waals surface area (Å²) < 4.78 is 3.15. The van der Waals surface area contributed by atoms with E-state index in [9.17, 15) is 9.59 Å². The first kappa shape index (κ1) is 19.5. The number of para-hydroxylation sites is 1. The van der Waals surface area contributed by atoms with Crippen LogP contribution in [0.3, 0.4) is 0 Å². The first-order valence-electron chi connectivity index (χ1n) is 9.69.